The van der Waals surface area contributed by atoms with Gasteiger partial charge in [0.1, 0.15) is 0 Å². The molecular formula is C16H13F2NO3. The molecule has 1 spiro atoms. The molecule has 0 amide bonds. The second-order valence-electron chi connectivity index (χ2n) is 5.98. The van der Waals surface area contributed by atoms with E-state index in [1.165, 1.54) is 6.20 Å². The Labute approximate surface area is 124 Å². The number of benzene rings is 1. The second kappa shape index (κ2) is 4.38. The minimum atomic E-state index is -1.14. The van der Waals surface area contributed by atoms with Crippen molar-refractivity contribution in [3.05, 3.63) is 39.7 Å². The number of pyridine rings is 1. The van der Waals surface area contributed by atoms with Crippen LogP contribution in [0, 0.1) is 11.6 Å². The van der Waals surface area contributed by atoms with Gasteiger partial charge in [0.2, 0.25) is 5.82 Å². The van der Waals surface area contributed by atoms with Gasteiger partial charge in [0.25, 0.3) is 0 Å². The summed E-state index contributed by atoms with van der Waals surface area (Å²) in [5, 5.41) is -0.00771. The second-order valence-corrected chi connectivity index (χ2v) is 5.98. The lowest BCUT2D eigenvalue weighted by atomic mass is 9.74. The van der Waals surface area contributed by atoms with Gasteiger partial charge < -0.3 is 9.30 Å². The zero-order valence-corrected chi connectivity index (χ0v) is 11.7. The lowest BCUT2D eigenvalue weighted by Gasteiger charge is -2.43. The zero-order chi connectivity index (χ0) is 15.5. The van der Waals surface area contributed by atoms with Gasteiger partial charge in [-0.05, 0) is 25.3 Å². The first kappa shape index (κ1) is 13.4. The highest BCUT2D eigenvalue weighted by Gasteiger charge is 2.42. The number of aldehydes is 1. The molecule has 1 saturated carbocycles. The van der Waals surface area contributed by atoms with Crippen LogP contribution in [-0.2, 0) is 5.54 Å². The Morgan fingerprint density at radius 2 is 2.05 bits per heavy atom. The van der Waals surface area contributed by atoms with E-state index in [1.807, 2.05) is 0 Å². The summed E-state index contributed by atoms with van der Waals surface area (Å²) >= 11 is 0. The molecule has 0 N–H and O–H groups in total. The van der Waals surface area contributed by atoms with Gasteiger partial charge in [-0.2, -0.15) is 4.39 Å². The van der Waals surface area contributed by atoms with Gasteiger partial charge in [-0.25, -0.2) is 4.39 Å². The lowest BCUT2D eigenvalue weighted by molar-refractivity contribution is 0.110. The zero-order valence-electron chi connectivity index (χ0n) is 11.7. The first-order valence-electron chi connectivity index (χ1n) is 7.23. The average molecular weight is 305 g/mol. The molecular weight excluding hydrogens is 292 g/mol. The summed E-state index contributed by atoms with van der Waals surface area (Å²) < 4.78 is 35.1. The molecule has 6 heteroatoms. The number of ether oxygens (including phenoxy) is 1. The number of rotatable bonds is 1. The van der Waals surface area contributed by atoms with E-state index in [9.17, 15) is 18.4 Å². The molecule has 4 nitrogen and oxygen atoms in total. The highest BCUT2D eigenvalue weighted by molar-refractivity contribution is 5.90. The SMILES string of the molecule is O=Cc1cn2c3c(c(F)c(F)cc3c1=O)OCCC21CCC1. The minimum absolute atomic E-state index is 0.00771. The summed E-state index contributed by atoms with van der Waals surface area (Å²) in [7, 11) is 0. The number of hydrogen-bond acceptors (Lipinski definition) is 3. The highest BCUT2D eigenvalue weighted by atomic mass is 19.2. The Balaban J connectivity index is 2.22. The van der Waals surface area contributed by atoms with E-state index in [-0.39, 0.29) is 34.4 Å². The Bertz CT molecular complexity index is 868. The maximum atomic E-state index is 14.1. The molecule has 22 heavy (non-hydrogen) atoms. The third-order valence-corrected chi connectivity index (χ3v) is 4.90. The van der Waals surface area contributed by atoms with E-state index >= 15 is 0 Å². The molecule has 0 atom stereocenters. The molecule has 0 radical (unpaired) electrons. The first-order chi connectivity index (χ1) is 10.6. The summed E-state index contributed by atoms with van der Waals surface area (Å²) in [5.74, 6) is -2.46. The molecule has 1 aromatic carbocycles. The fourth-order valence-electron chi connectivity index (χ4n) is 3.55. The fraction of sp³-hybridized carbons (Fsp3) is 0.375. The third-order valence-electron chi connectivity index (χ3n) is 4.90. The van der Waals surface area contributed by atoms with Gasteiger partial charge in [-0.3, -0.25) is 9.59 Å². The molecule has 0 unspecified atom stereocenters. The standard InChI is InChI=1S/C16H13F2NO3/c17-11-6-10-13-15(12(11)18)22-5-4-16(2-1-3-16)19(13)7-9(8-20)14(10)21/h6-8H,1-5H2. The molecule has 1 fully saturated rings. The Hall–Kier alpha value is -2.24. The largest absolute Gasteiger partial charge is 0.488 e. The maximum absolute atomic E-state index is 14.1. The molecule has 2 aromatic rings. The van der Waals surface area contributed by atoms with E-state index in [2.05, 4.69) is 0 Å². The Morgan fingerprint density at radius 1 is 1.27 bits per heavy atom. The molecule has 4 rings (SSSR count). The van der Waals surface area contributed by atoms with E-state index < -0.39 is 17.1 Å². The predicted octanol–water partition coefficient (Wildman–Crippen LogP) is 2.75. The van der Waals surface area contributed by atoms with Crippen molar-refractivity contribution in [3.8, 4) is 5.75 Å². The molecule has 114 valence electrons. The van der Waals surface area contributed by atoms with Crippen LogP contribution in [0.4, 0.5) is 8.78 Å². The van der Waals surface area contributed by atoms with Crippen molar-refractivity contribution in [2.45, 2.75) is 31.2 Å². The van der Waals surface area contributed by atoms with Crippen LogP contribution in [0.15, 0.2) is 17.1 Å². The molecule has 2 aliphatic rings. The summed E-state index contributed by atoms with van der Waals surface area (Å²) in [6.07, 6.45) is 5.31. The maximum Gasteiger partial charge on any atom is 0.202 e. The van der Waals surface area contributed by atoms with Gasteiger partial charge in [0.15, 0.2) is 23.3 Å². The molecule has 0 bridgehead atoms. The number of carbonyl (C=O) groups is 1. The molecule has 1 aliphatic heterocycles. The van der Waals surface area contributed by atoms with Gasteiger partial charge in [0.05, 0.1) is 23.1 Å². The van der Waals surface area contributed by atoms with Gasteiger partial charge in [0, 0.05) is 18.2 Å². The normalized spacial score (nSPS) is 18.6. The number of aromatic nitrogens is 1. The van der Waals surface area contributed by atoms with Crippen LogP contribution in [-0.4, -0.2) is 17.5 Å². The van der Waals surface area contributed by atoms with Crippen molar-refractivity contribution < 1.29 is 18.3 Å². The van der Waals surface area contributed by atoms with E-state index in [0.29, 0.717) is 12.7 Å². The molecule has 0 saturated heterocycles. The number of nitrogens with zero attached hydrogens (tertiary/aromatic N) is 1. The van der Waals surface area contributed by atoms with Crippen LogP contribution < -0.4 is 10.2 Å². The predicted molar refractivity (Wildman–Crippen MR) is 75.4 cm³/mol. The van der Waals surface area contributed by atoms with Crippen molar-refractivity contribution in [2.24, 2.45) is 0 Å². The van der Waals surface area contributed by atoms with Crippen molar-refractivity contribution in [1.29, 1.82) is 0 Å². The smallest absolute Gasteiger partial charge is 0.202 e. The highest BCUT2D eigenvalue weighted by Crippen LogP contribution is 2.47. The van der Waals surface area contributed by atoms with Crippen molar-refractivity contribution in [1.82, 2.24) is 4.57 Å². The van der Waals surface area contributed by atoms with Crippen LogP contribution in [0.3, 0.4) is 0 Å². The van der Waals surface area contributed by atoms with E-state index in [4.69, 9.17) is 4.74 Å². The Kier molecular flexibility index (Phi) is 2.67. The van der Waals surface area contributed by atoms with Crippen molar-refractivity contribution >= 4 is 17.2 Å². The van der Waals surface area contributed by atoms with Crippen LogP contribution in [0.1, 0.15) is 36.0 Å². The number of hydrogen-bond donors (Lipinski definition) is 0. The van der Waals surface area contributed by atoms with Crippen LogP contribution >= 0.6 is 0 Å². The molecule has 1 aromatic heterocycles. The summed E-state index contributed by atoms with van der Waals surface area (Å²) in [5.41, 5.74) is -0.662. The van der Waals surface area contributed by atoms with Crippen molar-refractivity contribution in [2.75, 3.05) is 6.61 Å². The van der Waals surface area contributed by atoms with Gasteiger partial charge in [-0.1, -0.05) is 0 Å². The summed E-state index contributed by atoms with van der Waals surface area (Å²) in [6.45, 7) is 0.252. The average Bonchev–Trinajstić information content (AvgIpc) is 2.64. The molecule has 1 aliphatic carbocycles. The summed E-state index contributed by atoms with van der Waals surface area (Å²) in [6, 6.07) is 0.862. The lowest BCUT2D eigenvalue weighted by Crippen LogP contribution is -2.41. The first-order valence-corrected chi connectivity index (χ1v) is 7.23. The Morgan fingerprint density at radius 3 is 2.68 bits per heavy atom. The third kappa shape index (κ3) is 1.55. The number of halogens is 2. The van der Waals surface area contributed by atoms with Gasteiger partial charge >= 0.3 is 0 Å². The van der Waals surface area contributed by atoms with E-state index in [1.54, 1.807) is 4.57 Å². The molecule has 2 heterocycles. The minimum Gasteiger partial charge on any atom is -0.488 e. The van der Waals surface area contributed by atoms with Crippen LogP contribution in [0.5, 0.6) is 5.75 Å². The van der Waals surface area contributed by atoms with Gasteiger partial charge in [-0.15, -0.1) is 0 Å². The monoisotopic (exact) mass is 305 g/mol. The quantitative estimate of drug-likeness (QED) is 0.761. The topological polar surface area (TPSA) is 48.3 Å². The summed E-state index contributed by atoms with van der Waals surface area (Å²) in [4.78, 5) is 23.5. The van der Waals surface area contributed by atoms with E-state index in [0.717, 1.165) is 25.3 Å². The number of fused-ring (bicyclic) bond motifs is 1. The fourth-order valence-corrected chi connectivity index (χ4v) is 3.55. The van der Waals surface area contributed by atoms with Crippen LogP contribution in [0.2, 0.25) is 0 Å². The van der Waals surface area contributed by atoms with Crippen LogP contribution in [0.25, 0.3) is 10.9 Å². The number of carbonyl (C=O) groups excluding carboxylic acids is 1. The van der Waals surface area contributed by atoms with Crippen molar-refractivity contribution in [3.63, 3.8) is 0 Å².